The Labute approximate surface area is 103 Å². The lowest BCUT2D eigenvalue weighted by Crippen LogP contribution is -1.91. The van der Waals surface area contributed by atoms with Crippen LogP contribution in [-0.2, 0) is 0 Å². The summed E-state index contributed by atoms with van der Waals surface area (Å²) in [6.45, 7) is 0. The second-order valence-electron chi connectivity index (χ2n) is 3.61. The third-order valence-electron chi connectivity index (χ3n) is 2.35. The minimum Gasteiger partial charge on any atom is -0.384 e. The van der Waals surface area contributed by atoms with Crippen LogP contribution in [0, 0.1) is 0 Å². The van der Waals surface area contributed by atoms with Gasteiger partial charge in [0.15, 0.2) is 0 Å². The van der Waals surface area contributed by atoms with Crippen LogP contribution in [0.3, 0.4) is 0 Å². The van der Waals surface area contributed by atoms with E-state index in [1.54, 1.807) is 42.7 Å². The molecule has 18 heavy (non-hydrogen) atoms. The molecule has 0 bridgehead atoms. The Balaban J connectivity index is 2.00. The number of pyridine rings is 2. The minimum absolute atomic E-state index is 0.342. The van der Waals surface area contributed by atoms with Crippen LogP contribution < -0.4 is 5.73 Å². The van der Waals surface area contributed by atoms with Crippen molar-refractivity contribution in [2.24, 2.45) is 0 Å². The third-order valence-corrected chi connectivity index (χ3v) is 2.35. The van der Waals surface area contributed by atoms with Gasteiger partial charge in [-0.05, 0) is 24.3 Å². The number of nitrogen functional groups attached to an aromatic ring is 1. The van der Waals surface area contributed by atoms with Crippen molar-refractivity contribution in [1.82, 2.24) is 20.1 Å². The molecule has 0 spiro atoms. The monoisotopic (exact) mass is 239 g/mol. The van der Waals surface area contributed by atoms with Crippen molar-refractivity contribution < 1.29 is 4.52 Å². The highest BCUT2D eigenvalue weighted by molar-refractivity contribution is 5.57. The molecule has 0 radical (unpaired) electrons. The molecule has 2 N–H and O–H groups in total. The number of nitrogens with zero attached hydrogens (tertiary/aromatic N) is 4. The van der Waals surface area contributed by atoms with Crippen LogP contribution in [0.1, 0.15) is 0 Å². The van der Waals surface area contributed by atoms with Crippen molar-refractivity contribution >= 4 is 5.82 Å². The lowest BCUT2D eigenvalue weighted by Gasteiger charge is -1.94. The van der Waals surface area contributed by atoms with E-state index in [2.05, 4.69) is 20.1 Å². The Kier molecular flexibility index (Phi) is 2.45. The van der Waals surface area contributed by atoms with Gasteiger partial charge in [0, 0.05) is 18.0 Å². The van der Waals surface area contributed by atoms with Gasteiger partial charge in [0.1, 0.15) is 11.5 Å². The van der Waals surface area contributed by atoms with E-state index >= 15 is 0 Å². The summed E-state index contributed by atoms with van der Waals surface area (Å²) in [5, 5.41) is 3.90. The van der Waals surface area contributed by atoms with E-state index in [4.69, 9.17) is 10.3 Å². The first-order valence-electron chi connectivity index (χ1n) is 5.30. The molecule has 0 saturated carbocycles. The summed E-state index contributed by atoms with van der Waals surface area (Å²) >= 11 is 0. The second-order valence-corrected chi connectivity index (χ2v) is 3.61. The Morgan fingerprint density at radius 3 is 2.61 bits per heavy atom. The van der Waals surface area contributed by atoms with Crippen molar-refractivity contribution in [1.29, 1.82) is 0 Å². The van der Waals surface area contributed by atoms with E-state index in [0.29, 0.717) is 23.2 Å². The second kappa shape index (κ2) is 4.25. The molecule has 0 aliphatic rings. The van der Waals surface area contributed by atoms with Crippen molar-refractivity contribution in [3.05, 3.63) is 42.7 Å². The molecule has 3 heterocycles. The van der Waals surface area contributed by atoms with Gasteiger partial charge in [-0.25, -0.2) is 4.98 Å². The Hall–Kier alpha value is -2.76. The molecular formula is C12H9N5O. The summed E-state index contributed by atoms with van der Waals surface area (Å²) in [7, 11) is 0. The molecule has 3 aromatic heterocycles. The Morgan fingerprint density at radius 2 is 1.83 bits per heavy atom. The van der Waals surface area contributed by atoms with Crippen LogP contribution in [0.2, 0.25) is 0 Å². The van der Waals surface area contributed by atoms with Crippen LogP contribution in [0.25, 0.3) is 23.0 Å². The SMILES string of the molecule is Nc1cccc(-c2nc(-c3ccncc3)no2)n1. The highest BCUT2D eigenvalue weighted by Gasteiger charge is 2.11. The predicted molar refractivity (Wildman–Crippen MR) is 65.2 cm³/mol. The number of hydrogen-bond donors (Lipinski definition) is 1. The summed E-state index contributed by atoms with van der Waals surface area (Å²) in [6.07, 6.45) is 3.34. The molecule has 0 aromatic carbocycles. The Bertz CT molecular complexity index is 665. The molecule has 0 aliphatic carbocycles. The zero-order valence-electron chi connectivity index (χ0n) is 9.32. The van der Waals surface area contributed by atoms with Crippen molar-refractivity contribution in [3.8, 4) is 23.0 Å². The maximum absolute atomic E-state index is 5.60. The van der Waals surface area contributed by atoms with E-state index < -0.39 is 0 Å². The van der Waals surface area contributed by atoms with E-state index in [1.165, 1.54) is 0 Å². The first-order valence-corrected chi connectivity index (χ1v) is 5.30. The van der Waals surface area contributed by atoms with Crippen LogP contribution in [0.4, 0.5) is 5.82 Å². The van der Waals surface area contributed by atoms with Gasteiger partial charge in [-0.2, -0.15) is 4.98 Å². The van der Waals surface area contributed by atoms with E-state index in [-0.39, 0.29) is 0 Å². The number of nitrogens with two attached hydrogens (primary N) is 1. The molecule has 0 saturated heterocycles. The first-order chi connectivity index (χ1) is 8.83. The molecule has 88 valence electrons. The lowest BCUT2D eigenvalue weighted by molar-refractivity contribution is 0.431. The summed E-state index contributed by atoms with van der Waals surface area (Å²) in [4.78, 5) is 12.3. The molecule has 3 aromatic rings. The fraction of sp³-hybridized carbons (Fsp3) is 0. The largest absolute Gasteiger partial charge is 0.384 e. The predicted octanol–water partition coefficient (Wildman–Crippen LogP) is 1.78. The van der Waals surface area contributed by atoms with Crippen LogP contribution >= 0.6 is 0 Å². The molecule has 0 amide bonds. The van der Waals surface area contributed by atoms with Gasteiger partial charge in [-0.3, -0.25) is 4.98 Å². The zero-order chi connectivity index (χ0) is 12.4. The van der Waals surface area contributed by atoms with Crippen LogP contribution in [-0.4, -0.2) is 20.1 Å². The smallest absolute Gasteiger partial charge is 0.276 e. The van der Waals surface area contributed by atoms with Gasteiger partial charge in [0.2, 0.25) is 5.82 Å². The first kappa shape index (κ1) is 10.4. The normalized spacial score (nSPS) is 10.4. The standard InChI is InChI=1S/C12H9N5O/c13-10-3-1-2-9(15-10)12-16-11(17-18-12)8-4-6-14-7-5-8/h1-7H,(H2,13,15). The average Bonchev–Trinajstić information content (AvgIpc) is 2.89. The fourth-order valence-corrected chi connectivity index (χ4v) is 1.52. The average molecular weight is 239 g/mol. The third kappa shape index (κ3) is 1.91. The maximum atomic E-state index is 5.60. The van der Waals surface area contributed by atoms with Gasteiger partial charge < -0.3 is 10.3 Å². The summed E-state index contributed by atoms with van der Waals surface area (Å²) in [5.41, 5.74) is 7.00. The molecule has 0 fully saturated rings. The van der Waals surface area contributed by atoms with Crippen LogP contribution in [0.15, 0.2) is 47.2 Å². The minimum atomic E-state index is 0.342. The topological polar surface area (TPSA) is 90.7 Å². The van der Waals surface area contributed by atoms with Crippen molar-refractivity contribution in [2.45, 2.75) is 0 Å². The molecule has 3 rings (SSSR count). The quantitative estimate of drug-likeness (QED) is 0.732. The molecule has 6 nitrogen and oxygen atoms in total. The summed E-state index contributed by atoms with van der Waals surface area (Å²) < 4.78 is 5.16. The van der Waals surface area contributed by atoms with Gasteiger partial charge in [-0.15, -0.1) is 0 Å². The zero-order valence-corrected chi connectivity index (χ0v) is 9.32. The molecular weight excluding hydrogens is 230 g/mol. The van der Waals surface area contributed by atoms with Gasteiger partial charge >= 0.3 is 0 Å². The van der Waals surface area contributed by atoms with Gasteiger partial charge in [0.05, 0.1) is 0 Å². The van der Waals surface area contributed by atoms with E-state index in [9.17, 15) is 0 Å². The number of hydrogen-bond acceptors (Lipinski definition) is 6. The van der Waals surface area contributed by atoms with E-state index in [1.807, 2.05) is 0 Å². The molecule has 0 aliphatic heterocycles. The molecule has 0 unspecified atom stereocenters. The van der Waals surface area contributed by atoms with Gasteiger partial charge in [0.25, 0.3) is 5.89 Å². The summed E-state index contributed by atoms with van der Waals surface area (Å²) in [6, 6.07) is 8.86. The summed E-state index contributed by atoms with van der Waals surface area (Å²) in [5.74, 6) is 1.25. The van der Waals surface area contributed by atoms with E-state index in [0.717, 1.165) is 5.56 Å². The maximum Gasteiger partial charge on any atom is 0.276 e. The lowest BCUT2D eigenvalue weighted by atomic mass is 10.2. The Morgan fingerprint density at radius 1 is 1.00 bits per heavy atom. The highest BCUT2D eigenvalue weighted by atomic mass is 16.5. The highest BCUT2D eigenvalue weighted by Crippen LogP contribution is 2.20. The number of rotatable bonds is 2. The molecule has 6 heteroatoms. The molecule has 0 atom stereocenters. The van der Waals surface area contributed by atoms with Crippen LogP contribution in [0.5, 0.6) is 0 Å². The van der Waals surface area contributed by atoms with Gasteiger partial charge in [-0.1, -0.05) is 11.2 Å². The number of anilines is 1. The number of aromatic nitrogens is 4. The van der Waals surface area contributed by atoms with Crippen molar-refractivity contribution in [3.63, 3.8) is 0 Å². The van der Waals surface area contributed by atoms with Crippen molar-refractivity contribution in [2.75, 3.05) is 5.73 Å². The fourth-order valence-electron chi connectivity index (χ4n) is 1.52.